The van der Waals surface area contributed by atoms with Crippen LogP contribution in [0.3, 0.4) is 0 Å². The minimum atomic E-state index is 0.863. The first kappa shape index (κ1) is 10.2. The topological polar surface area (TPSA) is 9.23 Å². The van der Waals surface area contributed by atoms with Crippen LogP contribution in [0, 0.1) is 5.92 Å². The average Bonchev–Trinajstić information content (AvgIpc) is 2.18. The van der Waals surface area contributed by atoms with Crippen molar-refractivity contribution in [3.8, 4) is 0 Å². The van der Waals surface area contributed by atoms with Gasteiger partial charge in [0.2, 0.25) is 0 Å². The molecule has 0 amide bonds. The summed E-state index contributed by atoms with van der Waals surface area (Å²) in [6.07, 6.45) is 13.5. The summed E-state index contributed by atoms with van der Waals surface area (Å²) in [6.45, 7) is 1.98. The molecule has 1 saturated heterocycles. The fourth-order valence-corrected chi connectivity index (χ4v) is 2.66. The summed E-state index contributed by atoms with van der Waals surface area (Å²) < 4.78 is 5.42. The third-order valence-electron chi connectivity index (χ3n) is 3.57. The molecule has 0 saturated carbocycles. The summed E-state index contributed by atoms with van der Waals surface area (Å²) in [5.74, 6) is 0.863. The van der Waals surface area contributed by atoms with E-state index in [2.05, 4.69) is 6.08 Å². The second-order valence-electron chi connectivity index (χ2n) is 4.62. The lowest BCUT2D eigenvalue weighted by Gasteiger charge is -2.26. The first-order valence-corrected chi connectivity index (χ1v) is 6.23. The Morgan fingerprint density at radius 3 is 2.64 bits per heavy atom. The zero-order valence-electron chi connectivity index (χ0n) is 9.13. The molecule has 1 aliphatic heterocycles. The van der Waals surface area contributed by atoms with E-state index in [0.29, 0.717) is 0 Å². The van der Waals surface area contributed by atoms with Crippen molar-refractivity contribution in [3.05, 3.63) is 11.6 Å². The molecular weight excluding hydrogens is 172 g/mol. The van der Waals surface area contributed by atoms with E-state index >= 15 is 0 Å². The lowest BCUT2D eigenvalue weighted by atomic mass is 9.86. The van der Waals surface area contributed by atoms with E-state index in [1.165, 1.54) is 51.4 Å². The van der Waals surface area contributed by atoms with Crippen molar-refractivity contribution in [1.29, 1.82) is 0 Å². The van der Waals surface area contributed by atoms with Gasteiger partial charge in [-0.05, 0) is 44.4 Å². The Balaban J connectivity index is 1.91. The van der Waals surface area contributed by atoms with Gasteiger partial charge in [0.25, 0.3) is 0 Å². The van der Waals surface area contributed by atoms with Crippen molar-refractivity contribution in [2.24, 2.45) is 5.92 Å². The fraction of sp³-hybridized carbons (Fsp3) is 0.846. The maximum Gasteiger partial charge on any atom is 0.0471 e. The van der Waals surface area contributed by atoms with Crippen LogP contribution in [0.15, 0.2) is 11.6 Å². The van der Waals surface area contributed by atoms with Crippen molar-refractivity contribution >= 4 is 0 Å². The smallest absolute Gasteiger partial charge is 0.0471 e. The quantitative estimate of drug-likeness (QED) is 0.578. The SMILES string of the molecule is C1=C(/C2CCOCC2)CCCCCC/1. The van der Waals surface area contributed by atoms with E-state index in [-0.39, 0.29) is 0 Å². The molecule has 2 aliphatic rings. The van der Waals surface area contributed by atoms with E-state index in [0.717, 1.165) is 19.1 Å². The van der Waals surface area contributed by atoms with Crippen LogP contribution in [0.25, 0.3) is 0 Å². The molecular formula is C13H22O. The predicted octanol–water partition coefficient (Wildman–Crippen LogP) is 3.69. The minimum Gasteiger partial charge on any atom is -0.381 e. The lowest BCUT2D eigenvalue weighted by Crippen LogP contribution is -2.17. The van der Waals surface area contributed by atoms with Gasteiger partial charge in [-0.1, -0.05) is 24.5 Å². The largest absolute Gasteiger partial charge is 0.381 e. The number of rotatable bonds is 1. The van der Waals surface area contributed by atoms with Crippen molar-refractivity contribution in [2.75, 3.05) is 13.2 Å². The molecule has 0 bridgehead atoms. The van der Waals surface area contributed by atoms with Crippen LogP contribution in [-0.2, 0) is 4.74 Å². The Morgan fingerprint density at radius 1 is 1.00 bits per heavy atom. The van der Waals surface area contributed by atoms with E-state index in [9.17, 15) is 0 Å². The highest BCUT2D eigenvalue weighted by Crippen LogP contribution is 2.29. The third-order valence-corrected chi connectivity index (χ3v) is 3.57. The standard InChI is InChI=1S/C13H22O/c1-2-4-6-12(7-5-3-1)13-8-10-14-11-9-13/h6,13H,1-5,7-11H2/b12-6+. The molecule has 14 heavy (non-hydrogen) atoms. The van der Waals surface area contributed by atoms with Gasteiger partial charge in [-0.3, -0.25) is 0 Å². The van der Waals surface area contributed by atoms with Gasteiger partial charge in [0, 0.05) is 13.2 Å². The van der Waals surface area contributed by atoms with Crippen LogP contribution in [0.2, 0.25) is 0 Å². The molecule has 1 heterocycles. The van der Waals surface area contributed by atoms with Crippen molar-refractivity contribution in [1.82, 2.24) is 0 Å². The van der Waals surface area contributed by atoms with E-state index < -0.39 is 0 Å². The molecule has 0 N–H and O–H groups in total. The molecule has 0 unspecified atom stereocenters. The fourth-order valence-electron chi connectivity index (χ4n) is 2.66. The van der Waals surface area contributed by atoms with Gasteiger partial charge in [0.15, 0.2) is 0 Å². The second-order valence-corrected chi connectivity index (χ2v) is 4.62. The molecule has 2 rings (SSSR count). The normalized spacial score (nSPS) is 30.1. The molecule has 0 radical (unpaired) electrons. The van der Waals surface area contributed by atoms with Crippen LogP contribution in [-0.4, -0.2) is 13.2 Å². The Labute approximate surface area is 87.5 Å². The van der Waals surface area contributed by atoms with Crippen LogP contribution < -0.4 is 0 Å². The van der Waals surface area contributed by atoms with Crippen LogP contribution in [0.1, 0.15) is 51.4 Å². The highest BCUT2D eigenvalue weighted by Gasteiger charge is 2.18. The van der Waals surface area contributed by atoms with Crippen molar-refractivity contribution in [2.45, 2.75) is 51.4 Å². The number of ether oxygens (including phenoxy) is 1. The van der Waals surface area contributed by atoms with Gasteiger partial charge in [-0.2, -0.15) is 0 Å². The highest BCUT2D eigenvalue weighted by atomic mass is 16.5. The molecule has 0 spiro atoms. The van der Waals surface area contributed by atoms with Crippen molar-refractivity contribution in [3.63, 3.8) is 0 Å². The Morgan fingerprint density at radius 2 is 1.79 bits per heavy atom. The molecule has 80 valence electrons. The van der Waals surface area contributed by atoms with Gasteiger partial charge < -0.3 is 4.74 Å². The summed E-state index contributed by atoms with van der Waals surface area (Å²) in [5.41, 5.74) is 1.76. The molecule has 1 fully saturated rings. The van der Waals surface area contributed by atoms with Crippen molar-refractivity contribution < 1.29 is 4.74 Å². The van der Waals surface area contributed by atoms with Gasteiger partial charge >= 0.3 is 0 Å². The van der Waals surface area contributed by atoms with E-state index in [4.69, 9.17) is 4.74 Å². The zero-order chi connectivity index (χ0) is 9.64. The molecule has 0 aromatic heterocycles. The highest BCUT2D eigenvalue weighted by molar-refractivity contribution is 5.08. The van der Waals surface area contributed by atoms with Gasteiger partial charge in [-0.25, -0.2) is 0 Å². The number of hydrogen-bond acceptors (Lipinski definition) is 1. The van der Waals surface area contributed by atoms with Gasteiger partial charge in [0.1, 0.15) is 0 Å². The number of hydrogen-bond donors (Lipinski definition) is 0. The average molecular weight is 194 g/mol. The maximum absolute atomic E-state index is 5.42. The number of allylic oxidation sites excluding steroid dienone is 2. The van der Waals surface area contributed by atoms with Crippen LogP contribution in [0.5, 0.6) is 0 Å². The summed E-state index contributed by atoms with van der Waals surface area (Å²) >= 11 is 0. The first-order valence-electron chi connectivity index (χ1n) is 6.23. The maximum atomic E-state index is 5.42. The van der Waals surface area contributed by atoms with Crippen LogP contribution in [0.4, 0.5) is 0 Å². The molecule has 0 aromatic rings. The third kappa shape index (κ3) is 2.84. The predicted molar refractivity (Wildman–Crippen MR) is 59.3 cm³/mol. The minimum absolute atomic E-state index is 0.863. The zero-order valence-corrected chi connectivity index (χ0v) is 9.13. The Hall–Kier alpha value is -0.300. The molecule has 1 nitrogen and oxygen atoms in total. The van der Waals surface area contributed by atoms with Gasteiger partial charge in [0.05, 0.1) is 0 Å². The van der Waals surface area contributed by atoms with E-state index in [1.807, 2.05) is 0 Å². The van der Waals surface area contributed by atoms with Gasteiger partial charge in [-0.15, -0.1) is 0 Å². The monoisotopic (exact) mass is 194 g/mol. The van der Waals surface area contributed by atoms with Crippen LogP contribution >= 0.6 is 0 Å². The Kier molecular flexibility index (Phi) is 4.05. The summed E-state index contributed by atoms with van der Waals surface area (Å²) in [7, 11) is 0. The first-order chi connectivity index (χ1) is 6.97. The van der Waals surface area contributed by atoms with E-state index in [1.54, 1.807) is 5.57 Å². The summed E-state index contributed by atoms with van der Waals surface area (Å²) in [5, 5.41) is 0. The second kappa shape index (κ2) is 5.55. The molecule has 1 aliphatic carbocycles. The molecule has 1 heteroatoms. The Bertz CT molecular complexity index is 189. The molecule has 0 aromatic carbocycles. The molecule has 0 atom stereocenters. The summed E-state index contributed by atoms with van der Waals surface area (Å²) in [4.78, 5) is 0. The summed E-state index contributed by atoms with van der Waals surface area (Å²) in [6, 6.07) is 0. The lowest BCUT2D eigenvalue weighted by molar-refractivity contribution is 0.0747.